The first kappa shape index (κ1) is 15.5. The lowest BCUT2D eigenvalue weighted by Crippen LogP contribution is -2.32. The van der Waals surface area contributed by atoms with E-state index < -0.39 is 10.2 Å². The van der Waals surface area contributed by atoms with E-state index in [2.05, 4.69) is 10.3 Å². The van der Waals surface area contributed by atoms with Gasteiger partial charge in [0.05, 0.1) is 11.4 Å². The standard InChI is InChI=1S/C17H16N4O3S/c1-20-15-6-4-13(10-16(15)21(2)25(20,23)24)19-17(22)12-3-5-14-11(9-12)7-8-18-14/h3-10,18H,1-2H3,(H,19,22). The highest BCUT2D eigenvalue weighted by atomic mass is 32.2. The summed E-state index contributed by atoms with van der Waals surface area (Å²) in [6, 6.07) is 12.3. The van der Waals surface area contributed by atoms with Crippen LogP contribution in [0.1, 0.15) is 10.4 Å². The molecule has 7 nitrogen and oxygen atoms in total. The Balaban J connectivity index is 1.64. The van der Waals surface area contributed by atoms with Gasteiger partial charge in [-0.2, -0.15) is 8.42 Å². The molecule has 0 saturated heterocycles. The fraction of sp³-hybridized carbons (Fsp3) is 0.118. The van der Waals surface area contributed by atoms with Crippen LogP contribution in [0.4, 0.5) is 17.1 Å². The highest BCUT2D eigenvalue weighted by Gasteiger charge is 2.35. The number of H-pyrrole nitrogens is 1. The van der Waals surface area contributed by atoms with E-state index in [1.54, 1.807) is 30.3 Å². The third kappa shape index (κ3) is 2.33. The molecule has 0 fully saturated rings. The number of hydrogen-bond donors (Lipinski definition) is 2. The highest BCUT2D eigenvalue weighted by molar-refractivity contribution is 7.94. The largest absolute Gasteiger partial charge is 0.361 e. The Morgan fingerprint density at radius 1 is 1.00 bits per heavy atom. The number of carbonyl (C=O) groups is 1. The van der Waals surface area contributed by atoms with Crippen LogP contribution in [0.5, 0.6) is 0 Å². The molecule has 0 aliphatic carbocycles. The van der Waals surface area contributed by atoms with Crippen molar-refractivity contribution in [3.8, 4) is 0 Å². The quantitative estimate of drug-likeness (QED) is 0.740. The zero-order valence-corrected chi connectivity index (χ0v) is 14.5. The molecule has 25 heavy (non-hydrogen) atoms. The Morgan fingerprint density at radius 3 is 2.56 bits per heavy atom. The maximum Gasteiger partial charge on any atom is 0.326 e. The summed E-state index contributed by atoms with van der Waals surface area (Å²) >= 11 is 0. The third-order valence-electron chi connectivity index (χ3n) is 4.42. The molecule has 2 heterocycles. The SMILES string of the molecule is CN1c2ccc(NC(=O)c3ccc4[nH]ccc4c3)cc2N(C)S1(=O)=O. The number of hydrogen-bond acceptors (Lipinski definition) is 3. The van der Waals surface area contributed by atoms with Gasteiger partial charge in [0, 0.05) is 42.4 Å². The van der Waals surface area contributed by atoms with Gasteiger partial charge in [0.2, 0.25) is 0 Å². The maximum atomic E-state index is 12.5. The van der Waals surface area contributed by atoms with Crippen LogP contribution in [0.15, 0.2) is 48.7 Å². The number of nitrogens with zero attached hydrogens (tertiary/aromatic N) is 2. The van der Waals surface area contributed by atoms with Crippen molar-refractivity contribution in [2.75, 3.05) is 28.0 Å². The Morgan fingerprint density at radius 2 is 1.76 bits per heavy atom. The molecule has 1 aliphatic heterocycles. The average Bonchev–Trinajstić information content (AvgIpc) is 3.13. The van der Waals surface area contributed by atoms with Crippen molar-refractivity contribution in [1.29, 1.82) is 0 Å². The van der Waals surface area contributed by atoms with E-state index in [1.165, 1.54) is 22.7 Å². The summed E-state index contributed by atoms with van der Waals surface area (Å²) in [5.41, 5.74) is 3.14. The molecule has 0 radical (unpaired) electrons. The van der Waals surface area contributed by atoms with Crippen molar-refractivity contribution < 1.29 is 13.2 Å². The number of benzene rings is 2. The van der Waals surface area contributed by atoms with Gasteiger partial charge in [0.1, 0.15) is 0 Å². The first-order valence-electron chi connectivity index (χ1n) is 7.63. The number of carbonyl (C=O) groups excluding carboxylic acids is 1. The molecule has 1 aromatic heterocycles. The van der Waals surface area contributed by atoms with Gasteiger partial charge in [0.25, 0.3) is 5.91 Å². The van der Waals surface area contributed by atoms with Gasteiger partial charge >= 0.3 is 10.2 Å². The molecule has 0 spiro atoms. The summed E-state index contributed by atoms with van der Waals surface area (Å²) in [4.78, 5) is 15.6. The minimum Gasteiger partial charge on any atom is -0.361 e. The van der Waals surface area contributed by atoms with Gasteiger partial charge < -0.3 is 10.3 Å². The van der Waals surface area contributed by atoms with E-state index in [0.29, 0.717) is 22.6 Å². The summed E-state index contributed by atoms with van der Waals surface area (Å²) in [6.45, 7) is 0. The zero-order chi connectivity index (χ0) is 17.8. The molecule has 0 unspecified atom stereocenters. The molecule has 0 saturated carbocycles. The van der Waals surface area contributed by atoms with Gasteiger partial charge in [-0.15, -0.1) is 0 Å². The molecular formula is C17H16N4O3S. The molecule has 3 aromatic rings. The van der Waals surface area contributed by atoms with Crippen LogP contribution >= 0.6 is 0 Å². The Bertz CT molecular complexity index is 1100. The molecule has 1 amide bonds. The minimum absolute atomic E-state index is 0.250. The number of anilines is 3. The van der Waals surface area contributed by atoms with Crippen molar-refractivity contribution in [3.63, 3.8) is 0 Å². The van der Waals surface area contributed by atoms with Crippen LogP contribution < -0.4 is 13.9 Å². The summed E-state index contributed by atoms with van der Waals surface area (Å²) < 4.78 is 26.7. The van der Waals surface area contributed by atoms with E-state index in [1.807, 2.05) is 18.3 Å². The fourth-order valence-corrected chi connectivity index (χ4v) is 4.11. The van der Waals surface area contributed by atoms with Gasteiger partial charge in [-0.3, -0.25) is 13.4 Å². The number of fused-ring (bicyclic) bond motifs is 2. The fourth-order valence-electron chi connectivity index (χ4n) is 2.95. The predicted octanol–water partition coefficient (Wildman–Crippen LogP) is 2.55. The van der Waals surface area contributed by atoms with Gasteiger partial charge in [-0.25, -0.2) is 0 Å². The van der Waals surface area contributed by atoms with E-state index in [0.717, 1.165) is 10.9 Å². The van der Waals surface area contributed by atoms with Crippen molar-refractivity contribution >= 4 is 44.1 Å². The molecule has 2 N–H and O–H groups in total. The Labute approximate surface area is 145 Å². The van der Waals surface area contributed by atoms with Crippen molar-refractivity contribution in [2.45, 2.75) is 0 Å². The molecule has 0 atom stereocenters. The van der Waals surface area contributed by atoms with Crippen molar-refractivity contribution in [2.24, 2.45) is 0 Å². The summed E-state index contributed by atoms with van der Waals surface area (Å²) in [5, 5.41) is 3.77. The van der Waals surface area contributed by atoms with E-state index in [-0.39, 0.29) is 5.91 Å². The normalized spacial score (nSPS) is 15.4. The number of aromatic amines is 1. The van der Waals surface area contributed by atoms with E-state index >= 15 is 0 Å². The summed E-state index contributed by atoms with van der Waals surface area (Å²) in [5.74, 6) is -0.250. The lowest BCUT2D eigenvalue weighted by molar-refractivity contribution is 0.102. The van der Waals surface area contributed by atoms with Crippen molar-refractivity contribution in [1.82, 2.24) is 4.98 Å². The van der Waals surface area contributed by atoms with Gasteiger partial charge in [0.15, 0.2) is 0 Å². The molecule has 4 rings (SSSR count). The van der Waals surface area contributed by atoms with Crippen molar-refractivity contribution in [3.05, 3.63) is 54.2 Å². The van der Waals surface area contributed by atoms with Crippen LogP contribution in [0.2, 0.25) is 0 Å². The summed E-state index contributed by atoms with van der Waals surface area (Å²) in [7, 11) is -0.536. The third-order valence-corrected chi connectivity index (χ3v) is 6.20. The monoisotopic (exact) mass is 356 g/mol. The molecule has 2 aromatic carbocycles. The first-order chi connectivity index (χ1) is 11.9. The molecular weight excluding hydrogens is 340 g/mol. The van der Waals surface area contributed by atoms with Crippen LogP contribution in [-0.4, -0.2) is 33.4 Å². The Hall–Kier alpha value is -3.00. The van der Waals surface area contributed by atoms with Crippen LogP contribution in [0.25, 0.3) is 10.9 Å². The number of rotatable bonds is 2. The summed E-state index contributed by atoms with van der Waals surface area (Å²) in [6.07, 6.45) is 1.82. The second-order valence-corrected chi connectivity index (χ2v) is 7.87. The predicted molar refractivity (Wildman–Crippen MR) is 98.4 cm³/mol. The maximum absolute atomic E-state index is 12.5. The van der Waals surface area contributed by atoms with Crippen LogP contribution in [0, 0.1) is 0 Å². The van der Waals surface area contributed by atoms with Gasteiger partial charge in [-0.1, -0.05) is 0 Å². The molecule has 8 heteroatoms. The lowest BCUT2D eigenvalue weighted by Gasteiger charge is -2.13. The van der Waals surface area contributed by atoms with Crippen LogP contribution in [0.3, 0.4) is 0 Å². The van der Waals surface area contributed by atoms with Gasteiger partial charge in [-0.05, 0) is 42.5 Å². The van der Waals surface area contributed by atoms with E-state index in [9.17, 15) is 13.2 Å². The minimum atomic E-state index is -3.53. The second kappa shape index (κ2) is 5.25. The smallest absolute Gasteiger partial charge is 0.326 e. The Kier molecular flexibility index (Phi) is 3.26. The number of nitrogens with one attached hydrogen (secondary N) is 2. The number of amides is 1. The van der Waals surface area contributed by atoms with Crippen LogP contribution in [-0.2, 0) is 10.2 Å². The molecule has 0 bridgehead atoms. The zero-order valence-electron chi connectivity index (χ0n) is 13.6. The highest BCUT2D eigenvalue weighted by Crippen LogP contribution is 2.40. The molecule has 128 valence electrons. The molecule has 1 aliphatic rings. The average molecular weight is 356 g/mol. The first-order valence-corrected chi connectivity index (χ1v) is 9.03. The second-order valence-electron chi connectivity index (χ2n) is 5.88. The lowest BCUT2D eigenvalue weighted by atomic mass is 10.1. The topological polar surface area (TPSA) is 85.5 Å². The number of aromatic nitrogens is 1. The van der Waals surface area contributed by atoms with E-state index in [4.69, 9.17) is 0 Å².